The van der Waals surface area contributed by atoms with E-state index in [2.05, 4.69) is 0 Å². The lowest BCUT2D eigenvalue weighted by Gasteiger charge is -2.56. The van der Waals surface area contributed by atoms with Crippen molar-refractivity contribution in [3.8, 4) is 0 Å². The predicted octanol–water partition coefficient (Wildman–Crippen LogP) is 1.88. The van der Waals surface area contributed by atoms with Gasteiger partial charge in [-0.25, -0.2) is 0 Å². The van der Waals surface area contributed by atoms with E-state index in [0.717, 1.165) is 19.3 Å². The van der Waals surface area contributed by atoms with Crippen molar-refractivity contribution in [1.29, 1.82) is 0 Å². The van der Waals surface area contributed by atoms with Gasteiger partial charge in [0, 0.05) is 5.92 Å². The molecule has 0 aromatic rings. The Hall–Kier alpha value is -0.610. The number of carbonyl (C=O) groups excluding carboxylic acids is 1. The third kappa shape index (κ3) is 2.09. The van der Waals surface area contributed by atoms with Crippen LogP contribution in [0.4, 0.5) is 0 Å². The second kappa shape index (κ2) is 5.06. The minimum atomic E-state index is -1.12. The van der Waals surface area contributed by atoms with Crippen molar-refractivity contribution in [3.63, 3.8) is 0 Å². The van der Waals surface area contributed by atoms with Gasteiger partial charge in [0.1, 0.15) is 0 Å². The van der Waals surface area contributed by atoms with Crippen LogP contribution < -0.4 is 0 Å². The number of fused-ring (bicyclic) bond motifs is 1. The molecule has 2 aliphatic carbocycles. The monoisotopic (exact) mass is 270 g/mol. The van der Waals surface area contributed by atoms with Crippen molar-refractivity contribution in [2.45, 2.75) is 64.6 Å². The molecule has 0 aromatic heterocycles. The van der Waals surface area contributed by atoms with Crippen LogP contribution in [-0.2, 0) is 9.53 Å². The first-order valence-electron chi connectivity index (χ1n) is 7.45. The molecule has 2 saturated carbocycles. The minimum absolute atomic E-state index is 0.0184. The fourth-order valence-electron chi connectivity index (χ4n) is 4.16. The second-order valence-electron chi connectivity index (χ2n) is 6.45. The highest BCUT2D eigenvalue weighted by Crippen LogP contribution is 2.56. The molecule has 1 unspecified atom stereocenters. The summed E-state index contributed by atoms with van der Waals surface area (Å²) in [7, 11) is 0. The highest BCUT2D eigenvalue weighted by Gasteiger charge is 2.62. The number of hydrogen-bond donors (Lipinski definition) is 2. The van der Waals surface area contributed by atoms with Crippen LogP contribution in [0.2, 0.25) is 0 Å². The SMILES string of the molecule is CCOC(=O)[C@]1(C)[C@H](C)CC(O)[C@]2(O)CCCC[C@@H]12. The first-order valence-corrected chi connectivity index (χ1v) is 7.45. The lowest BCUT2D eigenvalue weighted by atomic mass is 9.51. The number of ether oxygens (including phenoxy) is 1. The second-order valence-corrected chi connectivity index (χ2v) is 6.45. The van der Waals surface area contributed by atoms with Crippen LogP contribution in [0.5, 0.6) is 0 Å². The zero-order valence-corrected chi connectivity index (χ0v) is 12.2. The van der Waals surface area contributed by atoms with E-state index in [1.54, 1.807) is 6.92 Å². The number of aliphatic hydroxyl groups is 2. The highest BCUT2D eigenvalue weighted by atomic mass is 16.5. The Morgan fingerprint density at radius 2 is 2.11 bits per heavy atom. The Bertz CT molecular complexity index is 356. The maximum Gasteiger partial charge on any atom is 0.312 e. The first-order chi connectivity index (χ1) is 8.87. The molecule has 19 heavy (non-hydrogen) atoms. The van der Waals surface area contributed by atoms with Crippen molar-refractivity contribution < 1.29 is 19.7 Å². The number of aliphatic hydroxyl groups excluding tert-OH is 1. The molecule has 2 N–H and O–H groups in total. The topological polar surface area (TPSA) is 66.8 Å². The number of rotatable bonds is 2. The summed E-state index contributed by atoms with van der Waals surface area (Å²) in [5.41, 5.74) is -1.81. The van der Waals surface area contributed by atoms with Gasteiger partial charge in [0.05, 0.1) is 23.7 Å². The molecule has 0 amide bonds. The molecule has 0 heterocycles. The van der Waals surface area contributed by atoms with Gasteiger partial charge in [-0.1, -0.05) is 19.8 Å². The number of hydrogen-bond acceptors (Lipinski definition) is 4. The molecule has 5 atom stereocenters. The van der Waals surface area contributed by atoms with E-state index in [1.807, 2.05) is 13.8 Å². The molecule has 4 heteroatoms. The molecule has 110 valence electrons. The van der Waals surface area contributed by atoms with Gasteiger partial charge < -0.3 is 14.9 Å². The summed E-state index contributed by atoms with van der Waals surface area (Å²) in [6.07, 6.45) is 3.02. The molecular formula is C15H26O4. The Morgan fingerprint density at radius 3 is 2.74 bits per heavy atom. The van der Waals surface area contributed by atoms with E-state index in [1.165, 1.54) is 0 Å². The van der Waals surface area contributed by atoms with Gasteiger partial charge in [-0.3, -0.25) is 4.79 Å². The Morgan fingerprint density at radius 1 is 1.42 bits per heavy atom. The minimum Gasteiger partial charge on any atom is -0.466 e. The molecule has 2 rings (SSSR count). The summed E-state index contributed by atoms with van der Waals surface area (Å²) < 4.78 is 5.25. The Balaban J connectivity index is 2.38. The van der Waals surface area contributed by atoms with Crippen LogP contribution in [0.1, 0.15) is 52.9 Å². The molecule has 4 nitrogen and oxygen atoms in total. The van der Waals surface area contributed by atoms with Crippen LogP contribution in [-0.4, -0.2) is 34.5 Å². The molecule has 0 spiro atoms. The van der Waals surface area contributed by atoms with E-state index >= 15 is 0 Å². The van der Waals surface area contributed by atoms with Crippen molar-refractivity contribution in [1.82, 2.24) is 0 Å². The lowest BCUT2D eigenvalue weighted by Crippen LogP contribution is -2.64. The summed E-state index contributed by atoms with van der Waals surface area (Å²) >= 11 is 0. The zero-order chi connectivity index (χ0) is 14.3. The van der Waals surface area contributed by atoms with Gasteiger partial charge in [0.25, 0.3) is 0 Å². The fourth-order valence-corrected chi connectivity index (χ4v) is 4.16. The number of carbonyl (C=O) groups is 1. The highest BCUT2D eigenvalue weighted by molar-refractivity contribution is 5.77. The van der Waals surface area contributed by atoms with Crippen LogP contribution in [0.25, 0.3) is 0 Å². The summed E-state index contributed by atoms with van der Waals surface area (Å²) in [5.74, 6) is -0.406. The molecule has 0 radical (unpaired) electrons. The summed E-state index contributed by atoms with van der Waals surface area (Å²) in [5, 5.41) is 21.1. The quantitative estimate of drug-likeness (QED) is 0.752. The molecule has 0 bridgehead atoms. The molecule has 0 saturated heterocycles. The maximum atomic E-state index is 12.4. The van der Waals surface area contributed by atoms with Crippen LogP contribution in [0, 0.1) is 17.3 Å². The first kappa shape index (κ1) is 14.8. The van der Waals surface area contributed by atoms with Crippen molar-refractivity contribution >= 4 is 5.97 Å². The van der Waals surface area contributed by atoms with Crippen LogP contribution in [0.15, 0.2) is 0 Å². The van der Waals surface area contributed by atoms with E-state index < -0.39 is 17.1 Å². The summed E-state index contributed by atoms with van der Waals surface area (Å²) in [6, 6.07) is 0. The van der Waals surface area contributed by atoms with Crippen molar-refractivity contribution in [3.05, 3.63) is 0 Å². The third-order valence-electron chi connectivity index (χ3n) is 5.54. The van der Waals surface area contributed by atoms with E-state index in [-0.39, 0.29) is 17.8 Å². The normalized spacial score (nSPS) is 46.5. The average molecular weight is 270 g/mol. The maximum absolute atomic E-state index is 12.4. The molecule has 0 aliphatic heterocycles. The van der Waals surface area contributed by atoms with Gasteiger partial charge in [0.2, 0.25) is 0 Å². The standard InChI is InChI=1S/C15H26O4/c1-4-19-13(17)14(3)10(2)9-12(16)15(18)8-6-5-7-11(14)15/h10-12,16,18H,4-9H2,1-3H3/t10-,11+,12?,14-,15+/m1/s1. The molecule has 2 fully saturated rings. The van der Waals surface area contributed by atoms with Gasteiger partial charge in [-0.05, 0) is 39.0 Å². The van der Waals surface area contributed by atoms with Gasteiger partial charge in [-0.15, -0.1) is 0 Å². The largest absolute Gasteiger partial charge is 0.466 e. The van der Waals surface area contributed by atoms with E-state index in [0.29, 0.717) is 19.4 Å². The predicted molar refractivity (Wildman–Crippen MR) is 71.4 cm³/mol. The van der Waals surface area contributed by atoms with Gasteiger partial charge >= 0.3 is 5.97 Å². The summed E-state index contributed by atoms with van der Waals surface area (Å²) in [6.45, 7) is 6.04. The van der Waals surface area contributed by atoms with E-state index in [9.17, 15) is 15.0 Å². The average Bonchev–Trinajstić information content (AvgIpc) is 2.37. The summed E-state index contributed by atoms with van der Waals surface area (Å²) in [4.78, 5) is 12.4. The van der Waals surface area contributed by atoms with Crippen LogP contribution in [0.3, 0.4) is 0 Å². The Labute approximate surface area is 115 Å². The molecule has 0 aromatic carbocycles. The molecule has 2 aliphatic rings. The molecular weight excluding hydrogens is 244 g/mol. The number of esters is 1. The van der Waals surface area contributed by atoms with Gasteiger partial charge in [0.15, 0.2) is 0 Å². The smallest absolute Gasteiger partial charge is 0.312 e. The van der Waals surface area contributed by atoms with Gasteiger partial charge in [-0.2, -0.15) is 0 Å². The Kier molecular flexibility index (Phi) is 3.94. The van der Waals surface area contributed by atoms with Crippen molar-refractivity contribution in [2.24, 2.45) is 17.3 Å². The zero-order valence-electron chi connectivity index (χ0n) is 12.2. The van der Waals surface area contributed by atoms with Crippen molar-refractivity contribution in [2.75, 3.05) is 6.61 Å². The van der Waals surface area contributed by atoms with Crippen LogP contribution >= 0.6 is 0 Å². The third-order valence-corrected chi connectivity index (χ3v) is 5.54. The lowest BCUT2D eigenvalue weighted by molar-refractivity contribution is -0.222. The van der Waals surface area contributed by atoms with E-state index in [4.69, 9.17) is 4.74 Å². The fraction of sp³-hybridized carbons (Fsp3) is 0.933.